The average molecular weight is 182 g/mol. The molecule has 1 heterocycles. The first kappa shape index (κ1) is 9.40. The van der Waals surface area contributed by atoms with Crippen LogP contribution in [0.1, 0.15) is 10.5 Å². The molecule has 0 aliphatic carbocycles. The second-order valence-corrected chi connectivity index (χ2v) is 2.60. The van der Waals surface area contributed by atoms with Crippen LogP contribution >= 0.6 is 0 Å². The van der Waals surface area contributed by atoms with E-state index in [1.807, 2.05) is 0 Å². The lowest BCUT2D eigenvalue weighted by Gasteiger charge is -2.11. The first-order valence-corrected chi connectivity index (χ1v) is 3.59. The van der Waals surface area contributed by atoms with E-state index in [2.05, 4.69) is 15.4 Å². The highest BCUT2D eigenvalue weighted by Gasteiger charge is 2.04. The topological polar surface area (TPSA) is 78.4 Å². The van der Waals surface area contributed by atoms with Crippen LogP contribution in [0.15, 0.2) is 12.4 Å². The number of carboxylic acids is 1. The molecule has 6 heteroatoms. The molecule has 1 rings (SSSR count). The molecule has 1 aromatic rings. The van der Waals surface area contributed by atoms with Gasteiger partial charge in [0.15, 0.2) is 11.5 Å². The SMILES string of the molecule is CN(C)Nc1cnc(C(=O)O)cn1. The molecule has 0 fully saturated rings. The first-order chi connectivity index (χ1) is 6.09. The van der Waals surface area contributed by atoms with Gasteiger partial charge in [-0.1, -0.05) is 0 Å². The Bertz CT molecular complexity index is 296. The summed E-state index contributed by atoms with van der Waals surface area (Å²) in [6.07, 6.45) is 2.57. The summed E-state index contributed by atoms with van der Waals surface area (Å²) < 4.78 is 0. The van der Waals surface area contributed by atoms with E-state index >= 15 is 0 Å². The van der Waals surface area contributed by atoms with Gasteiger partial charge in [0.05, 0.1) is 12.4 Å². The highest BCUT2D eigenvalue weighted by Crippen LogP contribution is 2.00. The fourth-order valence-corrected chi connectivity index (χ4v) is 0.725. The predicted molar refractivity (Wildman–Crippen MR) is 46.3 cm³/mol. The summed E-state index contributed by atoms with van der Waals surface area (Å²) in [4.78, 5) is 17.9. The Hall–Kier alpha value is -1.69. The predicted octanol–water partition coefficient (Wildman–Crippen LogP) is 0.0633. The van der Waals surface area contributed by atoms with E-state index < -0.39 is 5.97 Å². The molecule has 70 valence electrons. The van der Waals surface area contributed by atoms with Gasteiger partial charge in [-0.25, -0.2) is 19.8 Å². The second kappa shape index (κ2) is 3.81. The van der Waals surface area contributed by atoms with Crippen LogP contribution in [0.2, 0.25) is 0 Å². The lowest BCUT2D eigenvalue weighted by atomic mass is 10.4. The van der Waals surface area contributed by atoms with Crippen molar-refractivity contribution in [2.75, 3.05) is 19.5 Å². The molecular weight excluding hydrogens is 172 g/mol. The minimum absolute atomic E-state index is 0.0655. The van der Waals surface area contributed by atoms with Gasteiger partial charge < -0.3 is 10.5 Å². The normalized spacial score (nSPS) is 10.1. The van der Waals surface area contributed by atoms with Crippen molar-refractivity contribution in [1.82, 2.24) is 15.0 Å². The van der Waals surface area contributed by atoms with E-state index in [1.54, 1.807) is 19.1 Å². The van der Waals surface area contributed by atoms with Crippen LogP contribution in [-0.4, -0.2) is 40.1 Å². The molecule has 6 nitrogen and oxygen atoms in total. The number of hydrogen-bond acceptors (Lipinski definition) is 5. The van der Waals surface area contributed by atoms with Gasteiger partial charge in [-0.2, -0.15) is 0 Å². The van der Waals surface area contributed by atoms with Crippen molar-refractivity contribution >= 4 is 11.8 Å². The van der Waals surface area contributed by atoms with E-state index in [-0.39, 0.29) is 5.69 Å². The first-order valence-electron chi connectivity index (χ1n) is 3.59. The summed E-state index contributed by atoms with van der Waals surface area (Å²) >= 11 is 0. The van der Waals surface area contributed by atoms with Gasteiger partial charge >= 0.3 is 5.97 Å². The molecule has 0 atom stereocenters. The summed E-state index contributed by atoms with van der Waals surface area (Å²) in [7, 11) is 3.60. The average Bonchev–Trinajstić information content (AvgIpc) is 2.04. The maximum absolute atomic E-state index is 10.4. The van der Waals surface area contributed by atoms with Crippen LogP contribution in [0.25, 0.3) is 0 Å². The number of nitrogens with one attached hydrogen (secondary N) is 1. The number of aromatic nitrogens is 2. The summed E-state index contributed by atoms with van der Waals surface area (Å²) in [6.45, 7) is 0. The van der Waals surface area contributed by atoms with E-state index in [0.717, 1.165) is 0 Å². The molecule has 0 aliphatic heterocycles. The number of hydrogen-bond donors (Lipinski definition) is 2. The number of carbonyl (C=O) groups is 1. The van der Waals surface area contributed by atoms with Crippen LogP contribution in [0.5, 0.6) is 0 Å². The zero-order valence-corrected chi connectivity index (χ0v) is 7.35. The largest absolute Gasteiger partial charge is 0.476 e. The van der Waals surface area contributed by atoms with E-state index in [9.17, 15) is 4.79 Å². The van der Waals surface area contributed by atoms with Gasteiger partial charge in [0.1, 0.15) is 0 Å². The van der Waals surface area contributed by atoms with Crippen molar-refractivity contribution in [2.45, 2.75) is 0 Å². The summed E-state index contributed by atoms with van der Waals surface area (Å²) in [5.74, 6) is -0.570. The molecule has 13 heavy (non-hydrogen) atoms. The molecule has 0 aromatic carbocycles. The molecule has 0 spiro atoms. The van der Waals surface area contributed by atoms with Crippen LogP contribution in [0.3, 0.4) is 0 Å². The molecule has 2 N–H and O–H groups in total. The zero-order chi connectivity index (χ0) is 9.84. The smallest absolute Gasteiger partial charge is 0.356 e. The van der Waals surface area contributed by atoms with Gasteiger partial charge in [0, 0.05) is 14.1 Å². The molecule has 0 unspecified atom stereocenters. The van der Waals surface area contributed by atoms with Crippen LogP contribution in [0.4, 0.5) is 5.82 Å². The Balaban J connectivity index is 2.75. The third-order valence-electron chi connectivity index (χ3n) is 1.21. The summed E-state index contributed by atoms with van der Waals surface area (Å²) in [6, 6.07) is 0. The minimum atomic E-state index is -1.08. The van der Waals surface area contributed by atoms with Crippen LogP contribution < -0.4 is 5.43 Å². The minimum Gasteiger partial charge on any atom is -0.476 e. The highest BCUT2D eigenvalue weighted by molar-refractivity contribution is 5.84. The van der Waals surface area contributed by atoms with Crippen molar-refractivity contribution in [2.24, 2.45) is 0 Å². The van der Waals surface area contributed by atoms with Gasteiger partial charge in [-0.05, 0) is 0 Å². The van der Waals surface area contributed by atoms with Crippen LogP contribution in [0, 0.1) is 0 Å². The van der Waals surface area contributed by atoms with Crippen molar-refractivity contribution in [1.29, 1.82) is 0 Å². The quantitative estimate of drug-likeness (QED) is 0.644. The summed E-state index contributed by atoms with van der Waals surface area (Å²) in [5.41, 5.74) is 2.77. The van der Waals surface area contributed by atoms with Crippen molar-refractivity contribution in [3.63, 3.8) is 0 Å². The summed E-state index contributed by atoms with van der Waals surface area (Å²) in [5, 5.41) is 10.2. The van der Waals surface area contributed by atoms with Gasteiger partial charge in [-0.3, -0.25) is 0 Å². The third kappa shape index (κ3) is 2.68. The number of carboxylic acid groups (broad SMARTS) is 1. The zero-order valence-electron chi connectivity index (χ0n) is 7.35. The van der Waals surface area contributed by atoms with Crippen molar-refractivity contribution in [3.05, 3.63) is 18.1 Å². The second-order valence-electron chi connectivity index (χ2n) is 2.60. The fraction of sp³-hybridized carbons (Fsp3) is 0.286. The molecule has 1 aromatic heterocycles. The Labute approximate surface area is 75.2 Å². The Morgan fingerprint density at radius 3 is 2.54 bits per heavy atom. The standard InChI is InChI=1S/C7H10N4O2/c1-11(2)10-6-4-8-5(3-9-6)7(12)13/h3-4H,1-2H3,(H,9,10)(H,12,13). The highest BCUT2D eigenvalue weighted by atomic mass is 16.4. The van der Waals surface area contributed by atoms with E-state index in [0.29, 0.717) is 5.82 Å². The molecule has 0 saturated heterocycles. The molecule has 0 radical (unpaired) electrons. The molecular formula is C7H10N4O2. The Morgan fingerprint density at radius 2 is 2.15 bits per heavy atom. The third-order valence-corrected chi connectivity index (χ3v) is 1.21. The van der Waals surface area contributed by atoms with E-state index in [4.69, 9.17) is 5.11 Å². The fourth-order valence-electron chi connectivity index (χ4n) is 0.725. The maximum atomic E-state index is 10.4. The van der Waals surface area contributed by atoms with Crippen molar-refractivity contribution in [3.8, 4) is 0 Å². The molecule has 0 bridgehead atoms. The molecule has 0 aliphatic rings. The van der Waals surface area contributed by atoms with E-state index in [1.165, 1.54) is 12.4 Å². The number of nitrogens with zero attached hydrogens (tertiary/aromatic N) is 3. The van der Waals surface area contributed by atoms with Gasteiger partial charge in [0.2, 0.25) is 0 Å². The monoisotopic (exact) mass is 182 g/mol. The van der Waals surface area contributed by atoms with Gasteiger partial charge in [-0.15, -0.1) is 0 Å². The number of rotatable bonds is 3. The number of anilines is 1. The van der Waals surface area contributed by atoms with Gasteiger partial charge in [0.25, 0.3) is 0 Å². The lowest BCUT2D eigenvalue weighted by molar-refractivity contribution is 0.0690. The maximum Gasteiger partial charge on any atom is 0.356 e. The Morgan fingerprint density at radius 1 is 1.46 bits per heavy atom. The van der Waals surface area contributed by atoms with Crippen LogP contribution in [-0.2, 0) is 0 Å². The molecule has 0 amide bonds. The van der Waals surface area contributed by atoms with Crippen molar-refractivity contribution < 1.29 is 9.90 Å². The number of hydrazine groups is 1. The number of aromatic carboxylic acids is 1. The lowest BCUT2D eigenvalue weighted by Crippen LogP contribution is -2.20. The molecule has 0 saturated carbocycles. The Kier molecular flexibility index (Phi) is 2.76.